The van der Waals surface area contributed by atoms with Crippen LogP contribution in [0.3, 0.4) is 0 Å². The van der Waals surface area contributed by atoms with Crippen molar-refractivity contribution in [1.82, 2.24) is 0 Å². The Morgan fingerprint density at radius 3 is 1.59 bits per heavy atom. The van der Waals surface area contributed by atoms with Gasteiger partial charge in [-0.1, -0.05) is 37.3 Å². The van der Waals surface area contributed by atoms with Crippen LogP contribution in [0.1, 0.15) is 27.2 Å². The fourth-order valence-electron chi connectivity index (χ4n) is 1.74. The first kappa shape index (κ1) is 17.9. The molecule has 22 heavy (non-hydrogen) atoms. The molecule has 0 N–H and O–H groups in total. The lowest BCUT2D eigenvalue weighted by Crippen LogP contribution is -1.97. The van der Waals surface area contributed by atoms with Crippen LogP contribution in [0.15, 0.2) is 54.6 Å². The van der Waals surface area contributed by atoms with E-state index in [-0.39, 0.29) is 0 Å². The summed E-state index contributed by atoms with van der Waals surface area (Å²) in [6.07, 6.45) is 1.06. The second-order valence-electron chi connectivity index (χ2n) is 4.47. The second-order valence-corrected chi connectivity index (χ2v) is 4.47. The molecular weight excluding hydrogens is 276 g/mol. The molecule has 0 aliphatic heterocycles. The number of benzene rings is 2. The molecule has 3 nitrogen and oxygen atoms in total. The number of hydrogen-bond acceptors (Lipinski definition) is 3. The average Bonchev–Trinajstić information content (AvgIpc) is 2.57. The Morgan fingerprint density at radius 2 is 1.14 bits per heavy atom. The van der Waals surface area contributed by atoms with E-state index >= 15 is 0 Å². The maximum Gasteiger partial charge on any atom is 0.161 e. The lowest BCUT2D eigenvalue weighted by Gasteiger charge is -2.09. The molecule has 120 valence electrons. The zero-order valence-electron chi connectivity index (χ0n) is 13.7. The van der Waals surface area contributed by atoms with Gasteiger partial charge in [0.05, 0.1) is 19.8 Å². The van der Waals surface area contributed by atoms with Gasteiger partial charge in [0.2, 0.25) is 0 Å². The molecule has 0 saturated carbocycles. The van der Waals surface area contributed by atoms with Crippen LogP contribution in [0.5, 0.6) is 17.2 Å². The number of ether oxygens (including phenoxy) is 3. The van der Waals surface area contributed by atoms with Crippen molar-refractivity contribution in [2.75, 3.05) is 19.8 Å². The Bertz CT molecular complexity index is 472. The summed E-state index contributed by atoms with van der Waals surface area (Å²) in [6.45, 7) is 8.17. The van der Waals surface area contributed by atoms with Gasteiger partial charge in [0.15, 0.2) is 11.5 Å². The van der Waals surface area contributed by atoms with Gasteiger partial charge in [-0.25, -0.2) is 0 Å². The molecule has 0 saturated heterocycles. The highest BCUT2D eigenvalue weighted by atomic mass is 16.5. The van der Waals surface area contributed by atoms with Crippen LogP contribution in [0.2, 0.25) is 0 Å². The molecule has 0 unspecified atom stereocenters. The number of hydrogen-bond donors (Lipinski definition) is 0. The highest BCUT2D eigenvalue weighted by Crippen LogP contribution is 2.25. The predicted octanol–water partition coefficient (Wildman–Crippen LogP) is 4.96. The molecular formula is C19H26O3. The Hall–Kier alpha value is -2.16. The van der Waals surface area contributed by atoms with E-state index in [0.29, 0.717) is 13.2 Å². The Balaban J connectivity index is 0.000000224. The summed E-state index contributed by atoms with van der Waals surface area (Å²) in [5, 5.41) is 0. The summed E-state index contributed by atoms with van der Waals surface area (Å²) in [5.41, 5.74) is 0. The molecule has 0 aromatic heterocycles. The van der Waals surface area contributed by atoms with E-state index in [4.69, 9.17) is 14.2 Å². The second kappa shape index (κ2) is 11.5. The molecule has 2 rings (SSSR count). The third-order valence-corrected chi connectivity index (χ3v) is 2.66. The zero-order valence-corrected chi connectivity index (χ0v) is 13.7. The van der Waals surface area contributed by atoms with Gasteiger partial charge in [0, 0.05) is 0 Å². The van der Waals surface area contributed by atoms with Crippen molar-refractivity contribution in [1.29, 1.82) is 0 Å². The Kier molecular flexibility index (Phi) is 9.35. The highest BCUT2D eigenvalue weighted by Gasteiger charge is 2.00. The molecule has 0 heterocycles. The van der Waals surface area contributed by atoms with Crippen LogP contribution in [-0.2, 0) is 0 Å². The lowest BCUT2D eigenvalue weighted by molar-refractivity contribution is 0.288. The standard InChI is InChI=1S/C10H14O2.C9H12O/c1-3-11-9-7-5-6-8-10(9)12-4-2;1-2-8-10-9-6-4-3-5-7-9/h5-8H,3-4H2,1-2H3;3-7H,2,8H2,1H3. The minimum atomic E-state index is 0.671. The van der Waals surface area contributed by atoms with Crippen LogP contribution >= 0.6 is 0 Å². The first-order valence-electron chi connectivity index (χ1n) is 7.84. The zero-order chi connectivity index (χ0) is 16.0. The van der Waals surface area contributed by atoms with Crippen molar-refractivity contribution in [3.05, 3.63) is 54.6 Å². The molecule has 0 spiro atoms. The van der Waals surface area contributed by atoms with Crippen molar-refractivity contribution < 1.29 is 14.2 Å². The molecule has 0 amide bonds. The largest absolute Gasteiger partial charge is 0.494 e. The van der Waals surface area contributed by atoms with Crippen molar-refractivity contribution in [2.45, 2.75) is 27.2 Å². The van der Waals surface area contributed by atoms with Gasteiger partial charge >= 0.3 is 0 Å². The smallest absolute Gasteiger partial charge is 0.161 e. The van der Waals surface area contributed by atoms with E-state index in [2.05, 4.69) is 6.92 Å². The topological polar surface area (TPSA) is 27.7 Å². The summed E-state index contributed by atoms with van der Waals surface area (Å²) in [7, 11) is 0. The molecule has 2 aromatic rings. The van der Waals surface area contributed by atoms with E-state index in [9.17, 15) is 0 Å². The molecule has 0 aliphatic carbocycles. The monoisotopic (exact) mass is 302 g/mol. The van der Waals surface area contributed by atoms with E-state index in [1.165, 1.54) is 0 Å². The summed E-state index contributed by atoms with van der Waals surface area (Å²) in [5.74, 6) is 2.60. The summed E-state index contributed by atoms with van der Waals surface area (Å²) in [4.78, 5) is 0. The first-order valence-corrected chi connectivity index (χ1v) is 7.84. The van der Waals surface area contributed by atoms with Crippen LogP contribution < -0.4 is 14.2 Å². The lowest BCUT2D eigenvalue weighted by atomic mass is 10.3. The minimum absolute atomic E-state index is 0.671. The van der Waals surface area contributed by atoms with E-state index in [0.717, 1.165) is 30.3 Å². The summed E-state index contributed by atoms with van der Waals surface area (Å²) >= 11 is 0. The van der Waals surface area contributed by atoms with E-state index in [1.807, 2.05) is 68.4 Å². The fraction of sp³-hybridized carbons (Fsp3) is 0.368. The van der Waals surface area contributed by atoms with Gasteiger partial charge in [-0.15, -0.1) is 0 Å². The van der Waals surface area contributed by atoms with E-state index in [1.54, 1.807) is 0 Å². The van der Waals surface area contributed by atoms with Gasteiger partial charge in [0.1, 0.15) is 5.75 Å². The van der Waals surface area contributed by atoms with Crippen molar-refractivity contribution in [3.63, 3.8) is 0 Å². The Morgan fingerprint density at radius 1 is 0.636 bits per heavy atom. The van der Waals surface area contributed by atoms with Crippen molar-refractivity contribution in [2.24, 2.45) is 0 Å². The van der Waals surface area contributed by atoms with E-state index < -0.39 is 0 Å². The average molecular weight is 302 g/mol. The van der Waals surface area contributed by atoms with Crippen molar-refractivity contribution in [3.8, 4) is 17.2 Å². The predicted molar refractivity (Wildman–Crippen MR) is 91.0 cm³/mol. The van der Waals surface area contributed by atoms with Gasteiger partial charge in [-0.05, 0) is 44.5 Å². The molecule has 0 fully saturated rings. The van der Waals surface area contributed by atoms with Gasteiger partial charge < -0.3 is 14.2 Å². The highest BCUT2D eigenvalue weighted by molar-refractivity contribution is 5.39. The summed E-state index contributed by atoms with van der Waals surface area (Å²) < 4.78 is 16.1. The fourth-order valence-corrected chi connectivity index (χ4v) is 1.74. The maximum absolute atomic E-state index is 5.36. The van der Waals surface area contributed by atoms with Gasteiger partial charge in [0.25, 0.3) is 0 Å². The molecule has 3 heteroatoms. The third kappa shape index (κ3) is 7.02. The summed E-state index contributed by atoms with van der Waals surface area (Å²) in [6, 6.07) is 17.6. The number of rotatable bonds is 7. The van der Waals surface area contributed by atoms with Gasteiger partial charge in [-0.2, -0.15) is 0 Å². The van der Waals surface area contributed by atoms with Crippen LogP contribution in [0.25, 0.3) is 0 Å². The number of para-hydroxylation sites is 3. The van der Waals surface area contributed by atoms with Crippen LogP contribution in [0, 0.1) is 0 Å². The molecule has 2 aromatic carbocycles. The molecule has 0 aliphatic rings. The normalized spacial score (nSPS) is 9.41. The Labute approximate surface area is 133 Å². The molecule has 0 bridgehead atoms. The van der Waals surface area contributed by atoms with Crippen LogP contribution in [0.4, 0.5) is 0 Å². The molecule has 0 atom stereocenters. The third-order valence-electron chi connectivity index (χ3n) is 2.66. The van der Waals surface area contributed by atoms with Gasteiger partial charge in [-0.3, -0.25) is 0 Å². The first-order chi connectivity index (χ1) is 10.8. The quantitative estimate of drug-likeness (QED) is 0.723. The SMILES string of the molecule is CCCOc1ccccc1.CCOc1ccccc1OCC. The minimum Gasteiger partial charge on any atom is -0.494 e. The van der Waals surface area contributed by atoms with Crippen molar-refractivity contribution >= 4 is 0 Å². The van der Waals surface area contributed by atoms with Crippen LogP contribution in [-0.4, -0.2) is 19.8 Å². The molecule has 0 radical (unpaired) electrons. The maximum atomic E-state index is 5.36.